The van der Waals surface area contributed by atoms with E-state index >= 15 is 0 Å². The van der Waals surface area contributed by atoms with Crippen LogP contribution in [-0.4, -0.2) is 49.3 Å². The molecule has 1 fully saturated rings. The predicted octanol–water partition coefficient (Wildman–Crippen LogP) is 1.52. The molecule has 0 atom stereocenters. The molecule has 1 N–H and O–H groups in total. The number of aromatic nitrogens is 1. The quantitative estimate of drug-likeness (QED) is 0.785. The van der Waals surface area contributed by atoms with Gasteiger partial charge in [0, 0.05) is 25.8 Å². The number of hydrogen-bond acceptors (Lipinski definition) is 4. The largest absolute Gasteiger partial charge is 0.379 e. The molecule has 0 bridgehead atoms. The SMILES string of the molecule is Cc1cccnc1NCCCN1CCOCC1. The number of pyridine rings is 1. The monoisotopic (exact) mass is 235 g/mol. The van der Waals surface area contributed by atoms with Gasteiger partial charge in [0.05, 0.1) is 13.2 Å². The molecule has 0 radical (unpaired) electrons. The lowest BCUT2D eigenvalue weighted by molar-refractivity contribution is 0.0378. The number of anilines is 1. The van der Waals surface area contributed by atoms with E-state index in [9.17, 15) is 0 Å². The van der Waals surface area contributed by atoms with Crippen LogP contribution >= 0.6 is 0 Å². The molecule has 1 aromatic rings. The lowest BCUT2D eigenvalue weighted by Crippen LogP contribution is -2.37. The van der Waals surface area contributed by atoms with Gasteiger partial charge < -0.3 is 10.1 Å². The van der Waals surface area contributed by atoms with Crippen LogP contribution in [0.1, 0.15) is 12.0 Å². The van der Waals surface area contributed by atoms with Gasteiger partial charge in [-0.3, -0.25) is 4.90 Å². The molecule has 2 rings (SSSR count). The van der Waals surface area contributed by atoms with Gasteiger partial charge in [-0.25, -0.2) is 4.98 Å². The molecule has 94 valence electrons. The fourth-order valence-electron chi connectivity index (χ4n) is 2.00. The summed E-state index contributed by atoms with van der Waals surface area (Å²) in [6.07, 6.45) is 2.98. The first-order valence-electron chi connectivity index (χ1n) is 6.32. The molecule has 0 saturated carbocycles. The van der Waals surface area contributed by atoms with E-state index in [2.05, 4.69) is 28.2 Å². The number of aryl methyl sites for hydroxylation is 1. The Morgan fingerprint density at radius 1 is 1.41 bits per heavy atom. The summed E-state index contributed by atoms with van der Waals surface area (Å²) in [6.45, 7) is 8.11. The van der Waals surface area contributed by atoms with Crippen molar-refractivity contribution in [1.29, 1.82) is 0 Å². The van der Waals surface area contributed by atoms with E-state index in [-0.39, 0.29) is 0 Å². The van der Waals surface area contributed by atoms with Crippen molar-refractivity contribution >= 4 is 5.82 Å². The summed E-state index contributed by atoms with van der Waals surface area (Å²) in [4.78, 5) is 6.77. The third-order valence-electron chi connectivity index (χ3n) is 3.06. The topological polar surface area (TPSA) is 37.4 Å². The van der Waals surface area contributed by atoms with Crippen LogP contribution in [0.3, 0.4) is 0 Å². The molecule has 4 heteroatoms. The van der Waals surface area contributed by atoms with Crippen molar-refractivity contribution in [2.24, 2.45) is 0 Å². The summed E-state index contributed by atoms with van der Waals surface area (Å²) < 4.78 is 5.32. The van der Waals surface area contributed by atoms with Crippen molar-refractivity contribution < 1.29 is 4.74 Å². The van der Waals surface area contributed by atoms with Crippen LogP contribution in [0.4, 0.5) is 5.82 Å². The van der Waals surface area contributed by atoms with Crippen molar-refractivity contribution in [3.8, 4) is 0 Å². The van der Waals surface area contributed by atoms with Gasteiger partial charge >= 0.3 is 0 Å². The van der Waals surface area contributed by atoms with Crippen LogP contribution in [-0.2, 0) is 4.74 Å². The molecule has 4 nitrogen and oxygen atoms in total. The molecule has 0 unspecified atom stereocenters. The second kappa shape index (κ2) is 6.57. The summed E-state index contributed by atoms with van der Waals surface area (Å²) in [7, 11) is 0. The molecule has 0 amide bonds. The predicted molar refractivity (Wildman–Crippen MR) is 69.3 cm³/mol. The number of hydrogen-bond donors (Lipinski definition) is 1. The average Bonchev–Trinajstić information content (AvgIpc) is 2.38. The Labute approximate surface area is 103 Å². The Morgan fingerprint density at radius 3 is 3.00 bits per heavy atom. The van der Waals surface area contributed by atoms with E-state index in [4.69, 9.17) is 4.74 Å². The van der Waals surface area contributed by atoms with Crippen LogP contribution in [0.2, 0.25) is 0 Å². The third kappa shape index (κ3) is 3.98. The fourth-order valence-corrected chi connectivity index (χ4v) is 2.00. The van der Waals surface area contributed by atoms with Gasteiger partial charge in [0.2, 0.25) is 0 Å². The highest BCUT2D eigenvalue weighted by atomic mass is 16.5. The van der Waals surface area contributed by atoms with Crippen molar-refractivity contribution in [2.45, 2.75) is 13.3 Å². The Bertz CT molecular complexity index is 337. The zero-order chi connectivity index (χ0) is 11.9. The van der Waals surface area contributed by atoms with Gasteiger partial charge in [-0.2, -0.15) is 0 Å². The summed E-state index contributed by atoms with van der Waals surface area (Å²) in [5.41, 5.74) is 1.21. The normalized spacial score (nSPS) is 17.0. The van der Waals surface area contributed by atoms with E-state index in [0.29, 0.717) is 0 Å². The van der Waals surface area contributed by atoms with Gasteiger partial charge in [0.15, 0.2) is 0 Å². The third-order valence-corrected chi connectivity index (χ3v) is 3.06. The summed E-state index contributed by atoms with van der Waals surface area (Å²) >= 11 is 0. The maximum absolute atomic E-state index is 5.32. The van der Waals surface area contributed by atoms with Crippen LogP contribution in [0.25, 0.3) is 0 Å². The number of nitrogens with zero attached hydrogens (tertiary/aromatic N) is 2. The molecule has 0 aliphatic carbocycles. The molecular weight excluding hydrogens is 214 g/mol. The van der Waals surface area contributed by atoms with Crippen molar-refractivity contribution in [3.05, 3.63) is 23.9 Å². The van der Waals surface area contributed by atoms with Gasteiger partial charge in [-0.05, 0) is 31.5 Å². The minimum absolute atomic E-state index is 0.882. The van der Waals surface area contributed by atoms with E-state index in [1.54, 1.807) is 0 Å². The first-order chi connectivity index (χ1) is 8.36. The minimum Gasteiger partial charge on any atom is -0.379 e. The van der Waals surface area contributed by atoms with E-state index < -0.39 is 0 Å². The highest BCUT2D eigenvalue weighted by molar-refractivity contribution is 5.42. The second-order valence-corrected chi connectivity index (χ2v) is 4.40. The maximum Gasteiger partial charge on any atom is 0.128 e. The molecule has 1 saturated heterocycles. The van der Waals surface area contributed by atoms with Gasteiger partial charge in [0.1, 0.15) is 5.82 Å². The van der Waals surface area contributed by atoms with E-state index in [1.165, 1.54) is 5.56 Å². The fraction of sp³-hybridized carbons (Fsp3) is 0.615. The van der Waals surface area contributed by atoms with E-state index in [1.807, 2.05) is 12.3 Å². The Morgan fingerprint density at radius 2 is 2.24 bits per heavy atom. The highest BCUT2D eigenvalue weighted by Crippen LogP contribution is 2.08. The molecule has 17 heavy (non-hydrogen) atoms. The first-order valence-corrected chi connectivity index (χ1v) is 6.32. The van der Waals surface area contributed by atoms with Gasteiger partial charge in [-0.15, -0.1) is 0 Å². The van der Waals surface area contributed by atoms with Gasteiger partial charge in [0.25, 0.3) is 0 Å². The molecular formula is C13H21N3O. The number of ether oxygens (including phenoxy) is 1. The van der Waals surface area contributed by atoms with Crippen LogP contribution in [0.5, 0.6) is 0 Å². The summed E-state index contributed by atoms with van der Waals surface area (Å²) in [6, 6.07) is 4.05. The first kappa shape index (κ1) is 12.3. The molecule has 1 aliphatic rings. The van der Waals surface area contributed by atoms with Crippen LogP contribution < -0.4 is 5.32 Å². The molecule has 1 aliphatic heterocycles. The lowest BCUT2D eigenvalue weighted by Gasteiger charge is -2.26. The molecule has 0 aromatic carbocycles. The Balaban J connectivity index is 1.64. The average molecular weight is 235 g/mol. The van der Waals surface area contributed by atoms with Gasteiger partial charge in [-0.1, -0.05) is 6.07 Å². The van der Waals surface area contributed by atoms with Crippen molar-refractivity contribution in [3.63, 3.8) is 0 Å². The van der Waals surface area contributed by atoms with Crippen molar-refractivity contribution in [2.75, 3.05) is 44.7 Å². The van der Waals surface area contributed by atoms with E-state index in [0.717, 1.165) is 51.6 Å². The molecule has 1 aromatic heterocycles. The number of rotatable bonds is 5. The lowest BCUT2D eigenvalue weighted by atomic mass is 10.3. The smallest absolute Gasteiger partial charge is 0.128 e. The van der Waals surface area contributed by atoms with Crippen molar-refractivity contribution in [1.82, 2.24) is 9.88 Å². The molecule has 2 heterocycles. The standard InChI is InChI=1S/C13H21N3O/c1-12-4-2-5-14-13(12)15-6-3-7-16-8-10-17-11-9-16/h2,4-5H,3,6-11H2,1H3,(H,14,15). The van der Waals surface area contributed by atoms with Crippen LogP contribution in [0, 0.1) is 6.92 Å². The summed E-state index contributed by atoms with van der Waals surface area (Å²) in [5, 5.41) is 3.38. The maximum atomic E-state index is 5.32. The number of nitrogens with one attached hydrogen (secondary N) is 1. The zero-order valence-corrected chi connectivity index (χ0v) is 10.5. The highest BCUT2D eigenvalue weighted by Gasteiger charge is 2.09. The second-order valence-electron chi connectivity index (χ2n) is 4.40. The van der Waals surface area contributed by atoms with Crippen LogP contribution in [0.15, 0.2) is 18.3 Å². The Hall–Kier alpha value is -1.13. The zero-order valence-electron chi connectivity index (χ0n) is 10.5. The number of morpholine rings is 1. The minimum atomic E-state index is 0.882. The Kier molecular flexibility index (Phi) is 4.76. The summed E-state index contributed by atoms with van der Waals surface area (Å²) in [5.74, 6) is 1.01. The molecule has 0 spiro atoms.